The second kappa shape index (κ2) is 7.16. The van der Waals surface area contributed by atoms with Crippen LogP contribution in [0.15, 0.2) is 45.7 Å². The maximum atomic E-state index is 12.8. The number of sulfonamides is 1. The van der Waals surface area contributed by atoms with Crippen LogP contribution in [-0.4, -0.2) is 27.5 Å². The van der Waals surface area contributed by atoms with Gasteiger partial charge < -0.3 is 9.15 Å². The molecule has 1 unspecified atom stereocenters. The van der Waals surface area contributed by atoms with Gasteiger partial charge in [-0.15, -0.1) is 0 Å². The quantitative estimate of drug-likeness (QED) is 0.439. The summed E-state index contributed by atoms with van der Waals surface area (Å²) in [6, 6.07) is 9.43. The molecule has 0 amide bonds. The molecule has 138 valence electrons. The summed E-state index contributed by atoms with van der Waals surface area (Å²) in [6.45, 7) is 3.50. The topological polar surface area (TPSA) is 85.6 Å². The van der Waals surface area contributed by atoms with Crippen molar-refractivity contribution >= 4 is 60.5 Å². The molecule has 6 nitrogen and oxygen atoms in total. The van der Waals surface area contributed by atoms with Crippen LogP contribution in [0.2, 0.25) is 0 Å². The van der Waals surface area contributed by atoms with E-state index in [1.807, 2.05) is 18.2 Å². The Morgan fingerprint density at radius 1 is 1.12 bits per heavy atom. The molecule has 1 aromatic heterocycles. The molecule has 26 heavy (non-hydrogen) atoms. The molecule has 0 spiro atoms. The zero-order valence-corrected chi connectivity index (χ0v) is 17.4. The molecule has 8 heteroatoms. The summed E-state index contributed by atoms with van der Waals surface area (Å²) in [5.41, 5.74) is 1.30. The van der Waals surface area contributed by atoms with Crippen LogP contribution in [0.25, 0.3) is 21.9 Å². The van der Waals surface area contributed by atoms with Crippen LogP contribution in [0.4, 0.5) is 0 Å². The van der Waals surface area contributed by atoms with Gasteiger partial charge in [-0.2, -0.15) is 4.72 Å². The lowest BCUT2D eigenvalue weighted by atomic mass is 10.1. The summed E-state index contributed by atoms with van der Waals surface area (Å²) in [5.74, 6) is -0.870. The van der Waals surface area contributed by atoms with Gasteiger partial charge in [0.15, 0.2) is 0 Å². The van der Waals surface area contributed by atoms with E-state index in [0.717, 1.165) is 8.96 Å². The van der Waals surface area contributed by atoms with E-state index in [9.17, 15) is 13.2 Å². The largest absolute Gasteiger partial charge is 0.468 e. The van der Waals surface area contributed by atoms with Crippen molar-refractivity contribution in [3.63, 3.8) is 0 Å². The average molecular weight is 487 g/mol. The van der Waals surface area contributed by atoms with Gasteiger partial charge in [-0.25, -0.2) is 8.42 Å². The Kier molecular flexibility index (Phi) is 5.27. The fourth-order valence-electron chi connectivity index (χ4n) is 2.72. The molecule has 0 aliphatic rings. The first-order valence-corrected chi connectivity index (χ1v) is 10.5. The Bertz CT molecular complexity index is 1090. The lowest BCUT2D eigenvalue weighted by Gasteiger charge is -2.19. The van der Waals surface area contributed by atoms with Crippen LogP contribution < -0.4 is 4.72 Å². The first kappa shape index (κ1) is 19.1. The van der Waals surface area contributed by atoms with Crippen molar-refractivity contribution in [1.82, 2.24) is 4.72 Å². The highest BCUT2D eigenvalue weighted by molar-refractivity contribution is 14.1. The van der Waals surface area contributed by atoms with Crippen molar-refractivity contribution in [1.29, 1.82) is 0 Å². The number of fused-ring (bicyclic) bond motifs is 3. The van der Waals surface area contributed by atoms with E-state index < -0.39 is 22.0 Å². The van der Waals surface area contributed by atoms with Gasteiger partial charge in [0.2, 0.25) is 10.0 Å². The molecule has 1 heterocycles. The standard InChI is InChI=1S/C18H18INO5S/c1-10(2)17(18(21)24-3)20-26(22,23)12-5-7-15-14(9-12)13-6-4-11(19)8-16(13)25-15/h4-10,17,20H,1-3H3. The second-order valence-electron chi connectivity index (χ2n) is 6.27. The summed E-state index contributed by atoms with van der Waals surface area (Å²) in [5, 5.41) is 1.55. The van der Waals surface area contributed by atoms with Gasteiger partial charge in [0, 0.05) is 14.3 Å². The molecular weight excluding hydrogens is 469 g/mol. The monoisotopic (exact) mass is 487 g/mol. The van der Waals surface area contributed by atoms with E-state index in [2.05, 4.69) is 27.3 Å². The minimum absolute atomic E-state index is 0.0702. The number of carbonyl (C=O) groups is 1. The van der Waals surface area contributed by atoms with Crippen LogP contribution in [0, 0.1) is 9.49 Å². The van der Waals surface area contributed by atoms with Crippen LogP contribution in [0.5, 0.6) is 0 Å². The van der Waals surface area contributed by atoms with Gasteiger partial charge in [0.05, 0.1) is 12.0 Å². The summed E-state index contributed by atoms with van der Waals surface area (Å²) < 4.78 is 39.5. The van der Waals surface area contributed by atoms with E-state index in [4.69, 9.17) is 9.15 Å². The maximum absolute atomic E-state index is 12.8. The number of furan rings is 1. The predicted octanol–water partition coefficient (Wildman–Crippen LogP) is 3.67. The van der Waals surface area contributed by atoms with Crippen LogP contribution in [0.1, 0.15) is 13.8 Å². The molecule has 3 aromatic rings. The maximum Gasteiger partial charge on any atom is 0.324 e. The normalized spacial score (nSPS) is 13.4. The second-order valence-corrected chi connectivity index (χ2v) is 9.23. The fourth-order valence-corrected chi connectivity index (χ4v) is 4.54. The van der Waals surface area contributed by atoms with Gasteiger partial charge in [-0.1, -0.05) is 13.8 Å². The third-order valence-corrected chi connectivity index (χ3v) is 6.23. The highest BCUT2D eigenvalue weighted by atomic mass is 127. The minimum atomic E-state index is -3.90. The van der Waals surface area contributed by atoms with Crippen molar-refractivity contribution in [3.05, 3.63) is 40.0 Å². The van der Waals surface area contributed by atoms with E-state index >= 15 is 0 Å². The molecule has 0 bridgehead atoms. The zero-order valence-electron chi connectivity index (χ0n) is 14.4. The number of esters is 1. The molecule has 0 radical (unpaired) electrons. The van der Waals surface area contributed by atoms with Crippen LogP contribution in [-0.2, 0) is 19.6 Å². The number of rotatable bonds is 5. The summed E-state index contributed by atoms with van der Waals surface area (Å²) in [4.78, 5) is 11.9. The Hall–Kier alpha value is -1.65. The third kappa shape index (κ3) is 3.58. The summed E-state index contributed by atoms with van der Waals surface area (Å²) in [6.07, 6.45) is 0. The van der Waals surface area contributed by atoms with E-state index in [-0.39, 0.29) is 10.8 Å². The van der Waals surface area contributed by atoms with Crippen molar-refractivity contribution in [2.24, 2.45) is 5.92 Å². The molecule has 3 rings (SSSR count). The fraction of sp³-hybridized carbons (Fsp3) is 0.278. The van der Waals surface area contributed by atoms with Crippen LogP contribution in [0.3, 0.4) is 0 Å². The number of halogens is 1. The Morgan fingerprint density at radius 2 is 1.85 bits per heavy atom. The smallest absolute Gasteiger partial charge is 0.324 e. The van der Waals surface area contributed by atoms with E-state index in [0.29, 0.717) is 16.6 Å². The predicted molar refractivity (Wildman–Crippen MR) is 107 cm³/mol. The van der Waals surface area contributed by atoms with Crippen molar-refractivity contribution < 1.29 is 22.4 Å². The molecule has 1 N–H and O–H groups in total. The molecule has 1 atom stereocenters. The van der Waals surface area contributed by atoms with Crippen molar-refractivity contribution in [2.45, 2.75) is 24.8 Å². The highest BCUT2D eigenvalue weighted by Gasteiger charge is 2.29. The first-order valence-electron chi connectivity index (χ1n) is 7.95. The minimum Gasteiger partial charge on any atom is -0.468 e. The van der Waals surface area contributed by atoms with Gasteiger partial charge in [-0.3, -0.25) is 4.79 Å². The lowest BCUT2D eigenvalue weighted by Crippen LogP contribution is -2.44. The molecule has 0 saturated heterocycles. The van der Waals surface area contributed by atoms with Gasteiger partial charge >= 0.3 is 5.97 Å². The summed E-state index contributed by atoms with van der Waals surface area (Å²) >= 11 is 2.19. The lowest BCUT2D eigenvalue weighted by molar-refractivity contribution is -0.143. The average Bonchev–Trinajstić information content (AvgIpc) is 2.95. The molecule has 0 fully saturated rings. The van der Waals surface area contributed by atoms with Gasteiger partial charge in [-0.05, 0) is 64.9 Å². The molecular formula is C18H18INO5S. The Morgan fingerprint density at radius 3 is 2.50 bits per heavy atom. The van der Waals surface area contributed by atoms with Gasteiger partial charge in [0.25, 0.3) is 0 Å². The van der Waals surface area contributed by atoms with E-state index in [1.165, 1.54) is 13.2 Å². The van der Waals surface area contributed by atoms with Crippen LogP contribution >= 0.6 is 22.6 Å². The molecule has 0 aliphatic carbocycles. The Balaban J connectivity index is 2.06. The number of ether oxygens (including phenoxy) is 1. The first-order chi connectivity index (χ1) is 12.2. The van der Waals surface area contributed by atoms with E-state index in [1.54, 1.807) is 26.0 Å². The molecule has 2 aromatic carbocycles. The number of methoxy groups -OCH3 is 1. The number of benzene rings is 2. The number of hydrogen-bond donors (Lipinski definition) is 1. The summed E-state index contributed by atoms with van der Waals surface area (Å²) in [7, 11) is -2.67. The number of nitrogens with one attached hydrogen (secondary N) is 1. The molecule has 0 saturated carbocycles. The van der Waals surface area contributed by atoms with Gasteiger partial charge in [0.1, 0.15) is 17.2 Å². The third-order valence-electron chi connectivity index (χ3n) is 4.12. The number of hydrogen-bond acceptors (Lipinski definition) is 5. The Labute approximate surface area is 165 Å². The molecule has 0 aliphatic heterocycles. The number of carbonyl (C=O) groups excluding carboxylic acids is 1. The SMILES string of the molecule is COC(=O)C(NS(=O)(=O)c1ccc2oc3cc(I)ccc3c2c1)C(C)C. The van der Waals surface area contributed by atoms with Crippen molar-refractivity contribution in [3.8, 4) is 0 Å². The van der Waals surface area contributed by atoms with Crippen molar-refractivity contribution in [2.75, 3.05) is 7.11 Å². The highest BCUT2D eigenvalue weighted by Crippen LogP contribution is 2.31. The zero-order chi connectivity index (χ0) is 19.1.